The van der Waals surface area contributed by atoms with Gasteiger partial charge in [-0.1, -0.05) is 43.7 Å². The molecule has 0 spiro atoms. The largest absolute Gasteiger partial charge is 0.373 e. The van der Waals surface area contributed by atoms with Crippen LogP contribution in [0.2, 0.25) is 0 Å². The first-order chi connectivity index (χ1) is 11.9. The summed E-state index contributed by atoms with van der Waals surface area (Å²) in [5, 5.41) is 14.6. The Bertz CT molecular complexity index is 838. The summed E-state index contributed by atoms with van der Waals surface area (Å²) in [5.74, 6) is 0. The molecule has 134 valence electrons. The molecule has 8 heteroatoms. The van der Waals surface area contributed by atoms with Crippen LogP contribution in [-0.2, 0) is 10.0 Å². The summed E-state index contributed by atoms with van der Waals surface area (Å²) in [5.41, 5.74) is 1.04. The van der Waals surface area contributed by atoms with Crippen molar-refractivity contribution in [2.75, 3.05) is 12.4 Å². The lowest BCUT2D eigenvalue weighted by Gasteiger charge is -2.20. The molecule has 0 aliphatic carbocycles. The molecule has 0 aliphatic rings. The third kappa shape index (κ3) is 4.55. The number of anilines is 1. The van der Waals surface area contributed by atoms with Crippen molar-refractivity contribution in [1.29, 1.82) is 0 Å². The highest BCUT2D eigenvalue weighted by Gasteiger charge is 2.22. The molecule has 2 rings (SSSR count). The average Bonchev–Trinajstić information content (AvgIpc) is 2.62. The smallest absolute Gasteiger partial charge is 0.293 e. The standard InChI is InChI=1S/C17H21N3O4S/c1-3-7-15(13-8-5-4-6-9-13)19-16-11-10-14(25(23,24)18-2)12-17(16)20(21)22/h4-6,8-12,15,18-19H,3,7H2,1-2H3/t15-/m1/s1. The molecular formula is C17H21N3O4S. The number of nitrogens with zero attached hydrogens (tertiary/aromatic N) is 1. The highest BCUT2D eigenvalue weighted by Crippen LogP contribution is 2.32. The Morgan fingerprint density at radius 1 is 1.16 bits per heavy atom. The van der Waals surface area contributed by atoms with E-state index in [0.29, 0.717) is 5.69 Å². The number of sulfonamides is 1. The van der Waals surface area contributed by atoms with Crippen LogP contribution in [0.4, 0.5) is 11.4 Å². The molecule has 0 saturated heterocycles. The number of rotatable bonds is 8. The van der Waals surface area contributed by atoms with Gasteiger partial charge in [0.1, 0.15) is 5.69 Å². The predicted molar refractivity (Wildman–Crippen MR) is 97.1 cm³/mol. The summed E-state index contributed by atoms with van der Waals surface area (Å²) in [6, 6.07) is 13.4. The van der Waals surface area contributed by atoms with Gasteiger partial charge in [-0.15, -0.1) is 0 Å². The zero-order valence-corrected chi connectivity index (χ0v) is 14.9. The van der Waals surface area contributed by atoms with Crippen LogP contribution in [0.1, 0.15) is 31.4 Å². The van der Waals surface area contributed by atoms with Gasteiger partial charge in [-0.05, 0) is 31.2 Å². The van der Waals surface area contributed by atoms with Gasteiger partial charge >= 0.3 is 0 Å². The van der Waals surface area contributed by atoms with Crippen LogP contribution in [-0.4, -0.2) is 20.4 Å². The van der Waals surface area contributed by atoms with Crippen LogP contribution in [0, 0.1) is 10.1 Å². The molecule has 7 nitrogen and oxygen atoms in total. The molecule has 0 aliphatic heterocycles. The average molecular weight is 363 g/mol. The summed E-state index contributed by atoms with van der Waals surface area (Å²) >= 11 is 0. The van der Waals surface area contributed by atoms with Crippen LogP contribution in [0.25, 0.3) is 0 Å². The first-order valence-corrected chi connectivity index (χ1v) is 9.40. The topological polar surface area (TPSA) is 101 Å². The van der Waals surface area contributed by atoms with Gasteiger partial charge in [-0.25, -0.2) is 13.1 Å². The Labute approximate surface area is 147 Å². The van der Waals surface area contributed by atoms with E-state index in [1.165, 1.54) is 19.2 Å². The summed E-state index contributed by atoms with van der Waals surface area (Å²) in [7, 11) is -2.48. The fraction of sp³-hybridized carbons (Fsp3) is 0.294. The van der Waals surface area contributed by atoms with E-state index < -0.39 is 14.9 Å². The predicted octanol–water partition coefficient (Wildman–Crippen LogP) is 3.46. The van der Waals surface area contributed by atoms with Gasteiger partial charge in [0.2, 0.25) is 10.0 Å². The molecule has 0 heterocycles. The summed E-state index contributed by atoms with van der Waals surface area (Å²) < 4.78 is 25.9. The van der Waals surface area contributed by atoms with E-state index in [-0.39, 0.29) is 16.6 Å². The molecule has 0 unspecified atom stereocenters. The van der Waals surface area contributed by atoms with E-state index in [2.05, 4.69) is 10.0 Å². The van der Waals surface area contributed by atoms with E-state index in [9.17, 15) is 18.5 Å². The zero-order valence-electron chi connectivity index (χ0n) is 14.1. The van der Waals surface area contributed by atoms with Gasteiger partial charge in [0.15, 0.2) is 0 Å². The summed E-state index contributed by atoms with van der Waals surface area (Å²) in [6.07, 6.45) is 1.68. The van der Waals surface area contributed by atoms with Crippen molar-refractivity contribution in [2.45, 2.75) is 30.7 Å². The van der Waals surface area contributed by atoms with E-state index in [1.807, 2.05) is 37.3 Å². The molecule has 0 saturated carbocycles. The molecule has 0 bridgehead atoms. The first-order valence-electron chi connectivity index (χ1n) is 7.92. The van der Waals surface area contributed by atoms with Crippen LogP contribution >= 0.6 is 0 Å². The van der Waals surface area contributed by atoms with Crippen molar-refractivity contribution in [1.82, 2.24) is 4.72 Å². The number of hydrogen-bond acceptors (Lipinski definition) is 5. The normalized spacial score (nSPS) is 12.6. The van der Waals surface area contributed by atoms with Gasteiger partial charge < -0.3 is 5.32 Å². The van der Waals surface area contributed by atoms with Crippen LogP contribution in [0.3, 0.4) is 0 Å². The Morgan fingerprint density at radius 2 is 1.84 bits per heavy atom. The molecule has 0 radical (unpaired) electrons. The second-order valence-corrected chi connectivity index (χ2v) is 7.43. The maximum absolute atomic E-state index is 11.9. The van der Waals surface area contributed by atoms with Gasteiger partial charge in [0, 0.05) is 6.07 Å². The van der Waals surface area contributed by atoms with E-state index in [4.69, 9.17) is 0 Å². The molecule has 1 atom stereocenters. The fourth-order valence-electron chi connectivity index (χ4n) is 2.55. The number of nitrogens with one attached hydrogen (secondary N) is 2. The Balaban J connectivity index is 2.42. The maximum atomic E-state index is 11.9. The van der Waals surface area contributed by atoms with Crippen LogP contribution in [0.15, 0.2) is 53.4 Å². The van der Waals surface area contributed by atoms with E-state index >= 15 is 0 Å². The molecule has 0 amide bonds. The van der Waals surface area contributed by atoms with Crippen LogP contribution < -0.4 is 10.0 Å². The van der Waals surface area contributed by atoms with Crippen molar-refractivity contribution in [3.8, 4) is 0 Å². The second kappa shape index (κ2) is 8.09. The van der Waals surface area contributed by atoms with Crippen molar-refractivity contribution in [3.05, 3.63) is 64.2 Å². The van der Waals surface area contributed by atoms with Crippen molar-refractivity contribution >= 4 is 21.4 Å². The molecule has 2 N–H and O–H groups in total. The monoisotopic (exact) mass is 363 g/mol. The van der Waals surface area contributed by atoms with Gasteiger partial charge in [0.05, 0.1) is 15.9 Å². The lowest BCUT2D eigenvalue weighted by Crippen LogP contribution is -2.19. The van der Waals surface area contributed by atoms with Crippen molar-refractivity contribution < 1.29 is 13.3 Å². The van der Waals surface area contributed by atoms with Crippen LogP contribution in [0.5, 0.6) is 0 Å². The Kier molecular flexibility index (Phi) is 6.11. The molecular weight excluding hydrogens is 342 g/mol. The quantitative estimate of drug-likeness (QED) is 0.552. The third-order valence-corrected chi connectivity index (χ3v) is 5.27. The lowest BCUT2D eigenvalue weighted by atomic mass is 10.0. The minimum atomic E-state index is -3.74. The first kappa shape index (κ1) is 18.9. The number of hydrogen-bond donors (Lipinski definition) is 2. The number of benzene rings is 2. The minimum absolute atomic E-state index is 0.100. The highest BCUT2D eigenvalue weighted by molar-refractivity contribution is 7.89. The maximum Gasteiger partial charge on any atom is 0.293 e. The Morgan fingerprint density at radius 3 is 2.40 bits per heavy atom. The third-order valence-electron chi connectivity index (χ3n) is 3.85. The Hall–Kier alpha value is -2.45. The molecule has 25 heavy (non-hydrogen) atoms. The molecule has 2 aromatic carbocycles. The molecule has 0 fully saturated rings. The van der Waals surface area contributed by atoms with E-state index in [1.54, 1.807) is 0 Å². The van der Waals surface area contributed by atoms with Crippen molar-refractivity contribution in [3.63, 3.8) is 0 Å². The lowest BCUT2D eigenvalue weighted by molar-refractivity contribution is -0.384. The minimum Gasteiger partial charge on any atom is -0.373 e. The highest BCUT2D eigenvalue weighted by atomic mass is 32.2. The summed E-state index contributed by atoms with van der Waals surface area (Å²) in [6.45, 7) is 2.04. The SMILES string of the molecule is CCC[C@@H](Nc1ccc(S(=O)(=O)NC)cc1[N+](=O)[O-])c1ccccc1. The van der Waals surface area contributed by atoms with E-state index in [0.717, 1.165) is 24.5 Å². The second-order valence-electron chi connectivity index (χ2n) is 5.54. The zero-order chi connectivity index (χ0) is 18.4. The van der Waals surface area contributed by atoms with Crippen molar-refractivity contribution in [2.24, 2.45) is 0 Å². The molecule has 0 aromatic heterocycles. The molecule has 2 aromatic rings. The fourth-order valence-corrected chi connectivity index (χ4v) is 3.30. The number of nitro groups is 1. The van der Waals surface area contributed by atoms with Gasteiger partial charge in [-0.2, -0.15) is 0 Å². The summed E-state index contributed by atoms with van der Waals surface area (Å²) in [4.78, 5) is 10.7. The van der Waals surface area contributed by atoms with Gasteiger partial charge in [-0.3, -0.25) is 10.1 Å². The van der Waals surface area contributed by atoms with Gasteiger partial charge in [0.25, 0.3) is 5.69 Å². The number of nitro benzene ring substituents is 1.